The molecule has 1 aliphatic carbocycles. The van der Waals surface area contributed by atoms with Crippen LogP contribution in [0, 0.1) is 11.8 Å². The zero-order valence-electron chi connectivity index (χ0n) is 12.0. The molecule has 1 fully saturated rings. The van der Waals surface area contributed by atoms with Gasteiger partial charge in [0.05, 0.1) is 6.61 Å². The zero-order chi connectivity index (χ0) is 12.9. The van der Waals surface area contributed by atoms with Crippen LogP contribution in [0.1, 0.15) is 40.0 Å². The third-order valence-electron chi connectivity index (χ3n) is 4.03. The third kappa shape index (κ3) is 3.94. The molecular formula is C14H30N2O. The Labute approximate surface area is 107 Å². The molecule has 2 unspecified atom stereocenters. The van der Waals surface area contributed by atoms with Gasteiger partial charge in [0.25, 0.3) is 0 Å². The van der Waals surface area contributed by atoms with Gasteiger partial charge in [-0.15, -0.1) is 0 Å². The molecule has 0 aromatic heterocycles. The Hall–Kier alpha value is -0.120. The lowest BCUT2D eigenvalue weighted by Gasteiger charge is -2.42. The van der Waals surface area contributed by atoms with Crippen LogP contribution in [-0.2, 0) is 4.74 Å². The Kier molecular flexibility index (Phi) is 5.90. The highest BCUT2D eigenvalue weighted by Crippen LogP contribution is 2.38. The fourth-order valence-electron chi connectivity index (χ4n) is 3.13. The van der Waals surface area contributed by atoms with Crippen molar-refractivity contribution in [2.75, 3.05) is 33.4 Å². The number of hydrogen-bond donors (Lipinski definition) is 1. The van der Waals surface area contributed by atoms with Crippen LogP contribution in [0.5, 0.6) is 0 Å². The lowest BCUT2D eigenvalue weighted by molar-refractivity contribution is 0.0513. The van der Waals surface area contributed by atoms with Crippen molar-refractivity contribution in [3.05, 3.63) is 0 Å². The monoisotopic (exact) mass is 242 g/mol. The van der Waals surface area contributed by atoms with Crippen LogP contribution in [0.2, 0.25) is 0 Å². The Bertz CT molecular complexity index is 220. The molecule has 1 saturated carbocycles. The molecule has 102 valence electrons. The average Bonchev–Trinajstić information content (AvgIpc) is 2.67. The highest BCUT2D eigenvalue weighted by molar-refractivity contribution is 4.98. The molecule has 0 saturated heterocycles. The Morgan fingerprint density at radius 1 is 1.47 bits per heavy atom. The van der Waals surface area contributed by atoms with E-state index in [1.54, 1.807) is 7.11 Å². The fourth-order valence-corrected chi connectivity index (χ4v) is 3.13. The van der Waals surface area contributed by atoms with E-state index in [4.69, 9.17) is 10.5 Å². The van der Waals surface area contributed by atoms with Gasteiger partial charge in [-0.05, 0) is 31.1 Å². The second kappa shape index (κ2) is 6.72. The summed E-state index contributed by atoms with van der Waals surface area (Å²) in [5, 5.41) is 0. The Balaban J connectivity index is 2.70. The number of methoxy groups -OCH3 is 1. The van der Waals surface area contributed by atoms with E-state index >= 15 is 0 Å². The van der Waals surface area contributed by atoms with Gasteiger partial charge in [-0.3, -0.25) is 4.90 Å². The van der Waals surface area contributed by atoms with Crippen LogP contribution in [-0.4, -0.2) is 43.8 Å². The summed E-state index contributed by atoms with van der Waals surface area (Å²) in [5.41, 5.74) is 6.34. The van der Waals surface area contributed by atoms with Gasteiger partial charge in [0.15, 0.2) is 0 Å². The van der Waals surface area contributed by atoms with E-state index in [-0.39, 0.29) is 5.54 Å². The summed E-state index contributed by atoms with van der Waals surface area (Å²) < 4.78 is 5.25. The largest absolute Gasteiger partial charge is 0.383 e. The van der Waals surface area contributed by atoms with Crippen molar-refractivity contribution in [1.29, 1.82) is 0 Å². The molecule has 3 nitrogen and oxygen atoms in total. The SMILES string of the molecule is COCCN(CC(C)C)C1(CN)CCC(C)C1. The molecule has 17 heavy (non-hydrogen) atoms. The molecule has 0 aliphatic heterocycles. The molecule has 0 amide bonds. The predicted octanol–water partition coefficient (Wildman–Crippen LogP) is 2.11. The maximum absolute atomic E-state index is 6.10. The molecule has 1 rings (SSSR count). The quantitative estimate of drug-likeness (QED) is 0.743. The lowest BCUT2D eigenvalue weighted by atomic mass is 9.92. The maximum atomic E-state index is 6.10. The lowest BCUT2D eigenvalue weighted by Crippen LogP contribution is -2.54. The van der Waals surface area contributed by atoms with Crippen molar-refractivity contribution in [1.82, 2.24) is 4.90 Å². The van der Waals surface area contributed by atoms with Crippen molar-refractivity contribution in [3.63, 3.8) is 0 Å². The smallest absolute Gasteiger partial charge is 0.0589 e. The predicted molar refractivity (Wildman–Crippen MR) is 73.1 cm³/mol. The van der Waals surface area contributed by atoms with E-state index in [0.29, 0.717) is 5.92 Å². The van der Waals surface area contributed by atoms with Gasteiger partial charge in [0.2, 0.25) is 0 Å². The van der Waals surface area contributed by atoms with Gasteiger partial charge in [-0.1, -0.05) is 20.8 Å². The van der Waals surface area contributed by atoms with Crippen LogP contribution in [0.3, 0.4) is 0 Å². The first kappa shape index (κ1) is 14.9. The number of rotatable bonds is 7. The van der Waals surface area contributed by atoms with Gasteiger partial charge in [-0.25, -0.2) is 0 Å². The summed E-state index contributed by atoms with van der Waals surface area (Å²) in [6, 6.07) is 0. The molecule has 0 bridgehead atoms. The van der Waals surface area contributed by atoms with Gasteiger partial charge in [-0.2, -0.15) is 0 Å². The van der Waals surface area contributed by atoms with E-state index in [1.807, 2.05) is 0 Å². The number of nitrogens with two attached hydrogens (primary N) is 1. The fraction of sp³-hybridized carbons (Fsp3) is 1.00. The molecule has 0 aromatic carbocycles. The minimum atomic E-state index is 0.238. The van der Waals surface area contributed by atoms with Crippen molar-refractivity contribution in [2.45, 2.75) is 45.6 Å². The minimum Gasteiger partial charge on any atom is -0.383 e. The number of nitrogens with zero attached hydrogens (tertiary/aromatic N) is 1. The van der Waals surface area contributed by atoms with Crippen LogP contribution >= 0.6 is 0 Å². The molecule has 3 heteroatoms. The van der Waals surface area contributed by atoms with E-state index < -0.39 is 0 Å². The molecule has 0 spiro atoms. The summed E-state index contributed by atoms with van der Waals surface area (Å²) in [7, 11) is 1.78. The first-order valence-corrected chi connectivity index (χ1v) is 6.98. The van der Waals surface area contributed by atoms with Crippen molar-refractivity contribution in [3.8, 4) is 0 Å². The van der Waals surface area contributed by atoms with Gasteiger partial charge in [0, 0.05) is 32.3 Å². The molecule has 2 atom stereocenters. The number of ether oxygens (including phenoxy) is 1. The van der Waals surface area contributed by atoms with Crippen LogP contribution < -0.4 is 5.73 Å². The molecule has 0 aromatic rings. The van der Waals surface area contributed by atoms with Crippen LogP contribution in [0.4, 0.5) is 0 Å². The molecular weight excluding hydrogens is 212 g/mol. The first-order valence-electron chi connectivity index (χ1n) is 6.98. The van der Waals surface area contributed by atoms with Crippen molar-refractivity contribution < 1.29 is 4.74 Å². The zero-order valence-corrected chi connectivity index (χ0v) is 12.0. The van der Waals surface area contributed by atoms with E-state index in [9.17, 15) is 0 Å². The third-order valence-corrected chi connectivity index (χ3v) is 4.03. The Morgan fingerprint density at radius 3 is 2.59 bits per heavy atom. The van der Waals surface area contributed by atoms with Crippen LogP contribution in [0.25, 0.3) is 0 Å². The molecule has 1 aliphatic rings. The van der Waals surface area contributed by atoms with E-state index in [2.05, 4.69) is 25.7 Å². The average molecular weight is 242 g/mol. The Morgan fingerprint density at radius 2 is 2.18 bits per heavy atom. The first-order chi connectivity index (χ1) is 8.04. The highest BCUT2D eigenvalue weighted by Gasteiger charge is 2.41. The standard InChI is InChI=1S/C14H30N2O/c1-12(2)10-16(7-8-17-4)14(11-15)6-5-13(3)9-14/h12-13H,5-11,15H2,1-4H3. The van der Waals surface area contributed by atoms with Gasteiger partial charge >= 0.3 is 0 Å². The molecule has 0 radical (unpaired) electrons. The summed E-state index contributed by atoms with van der Waals surface area (Å²) in [5.74, 6) is 1.50. The number of hydrogen-bond acceptors (Lipinski definition) is 3. The molecule has 0 heterocycles. The van der Waals surface area contributed by atoms with Gasteiger partial charge < -0.3 is 10.5 Å². The van der Waals surface area contributed by atoms with Gasteiger partial charge in [0.1, 0.15) is 0 Å². The summed E-state index contributed by atoms with van der Waals surface area (Å²) in [6.07, 6.45) is 3.82. The van der Waals surface area contributed by atoms with E-state index in [1.165, 1.54) is 19.3 Å². The highest BCUT2D eigenvalue weighted by atomic mass is 16.5. The topological polar surface area (TPSA) is 38.5 Å². The molecule has 2 N–H and O–H groups in total. The van der Waals surface area contributed by atoms with E-state index in [0.717, 1.165) is 32.2 Å². The second-order valence-electron chi connectivity index (χ2n) is 6.11. The van der Waals surface area contributed by atoms with Crippen molar-refractivity contribution >= 4 is 0 Å². The minimum absolute atomic E-state index is 0.238. The summed E-state index contributed by atoms with van der Waals surface area (Å²) in [4.78, 5) is 2.59. The maximum Gasteiger partial charge on any atom is 0.0589 e. The van der Waals surface area contributed by atoms with Crippen LogP contribution in [0.15, 0.2) is 0 Å². The second-order valence-corrected chi connectivity index (χ2v) is 6.11. The van der Waals surface area contributed by atoms with Crippen molar-refractivity contribution in [2.24, 2.45) is 17.6 Å². The summed E-state index contributed by atoms with van der Waals surface area (Å²) in [6.45, 7) is 10.6. The summed E-state index contributed by atoms with van der Waals surface area (Å²) >= 11 is 0. The normalized spacial score (nSPS) is 29.5.